The molecule has 0 fully saturated rings. The summed E-state index contributed by atoms with van der Waals surface area (Å²) in [4.78, 5) is 31.4. The summed E-state index contributed by atoms with van der Waals surface area (Å²) in [6.45, 7) is -0.00877. The molecule has 1 heterocycles. The molecule has 0 aliphatic carbocycles. The normalized spacial score (nSPS) is 14.0. The number of nitrogens with zero attached hydrogens (tertiary/aromatic N) is 2. The zero-order valence-electron chi connectivity index (χ0n) is 23.9. The summed E-state index contributed by atoms with van der Waals surface area (Å²) >= 11 is 6.43. The van der Waals surface area contributed by atoms with Crippen molar-refractivity contribution in [1.29, 1.82) is 0 Å². The van der Waals surface area contributed by atoms with E-state index in [0.29, 0.717) is 5.56 Å². The van der Waals surface area contributed by atoms with Crippen LogP contribution >= 0.6 is 11.6 Å². The molecule has 11 nitrogen and oxygen atoms in total. The number of esters is 1. The van der Waals surface area contributed by atoms with Gasteiger partial charge in [0.05, 0.1) is 46.6 Å². The fraction of sp³-hybridized carbons (Fsp3) is 0.194. The summed E-state index contributed by atoms with van der Waals surface area (Å²) in [5, 5.41) is 12.6. The lowest BCUT2D eigenvalue weighted by atomic mass is 10.0. The topological polar surface area (TPSA) is 144 Å². The largest absolute Gasteiger partial charge is 0.460 e. The van der Waals surface area contributed by atoms with E-state index in [4.69, 9.17) is 31.0 Å². The third kappa shape index (κ3) is 8.32. The van der Waals surface area contributed by atoms with Crippen LogP contribution in [0.15, 0.2) is 94.5 Å². The van der Waals surface area contributed by atoms with Crippen LogP contribution in [-0.4, -0.2) is 71.7 Å². The van der Waals surface area contributed by atoms with E-state index >= 15 is 0 Å². The van der Waals surface area contributed by atoms with E-state index in [9.17, 15) is 18.0 Å². The van der Waals surface area contributed by atoms with Gasteiger partial charge in [0.2, 0.25) is 0 Å². The predicted octanol–water partition coefficient (Wildman–Crippen LogP) is 4.27. The van der Waals surface area contributed by atoms with Crippen LogP contribution in [-0.2, 0) is 29.1 Å². The minimum atomic E-state index is -4.15. The third-order valence-electron chi connectivity index (χ3n) is 6.22. The smallest absolute Gasteiger partial charge is 0.368 e. The predicted molar refractivity (Wildman–Crippen MR) is 167 cm³/mol. The second kappa shape index (κ2) is 14.8. The molecule has 4 rings (SSSR count). The molecule has 0 atom stereocenters. The molecule has 0 radical (unpaired) electrons. The maximum atomic E-state index is 13.1. The Morgan fingerprint density at radius 1 is 1.07 bits per heavy atom. The van der Waals surface area contributed by atoms with Crippen LogP contribution < -0.4 is 9.62 Å². The Bertz CT molecular complexity index is 1720. The van der Waals surface area contributed by atoms with Gasteiger partial charge in [-0.2, -0.15) is 0 Å². The van der Waals surface area contributed by atoms with Gasteiger partial charge in [0.1, 0.15) is 12.3 Å². The number of nitrogens with one attached hydrogen (secondary N) is 1. The van der Waals surface area contributed by atoms with Gasteiger partial charge < -0.3 is 24.3 Å². The minimum Gasteiger partial charge on any atom is -0.460 e. The highest BCUT2D eigenvalue weighted by atomic mass is 35.5. The highest BCUT2D eigenvalue weighted by molar-refractivity contribution is 7.92. The zero-order valence-corrected chi connectivity index (χ0v) is 25.5. The van der Waals surface area contributed by atoms with Crippen molar-refractivity contribution in [2.45, 2.75) is 4.90 Å². The number of aliphatic hydroxyl groups is 1. The van der Waals surface area contributed by atoms with Crippen LogP contribution in [0.2, 0.25) is 5.02 Å². The summed E-state index contributed by atoms with van der Waals surface area (Å²) in [5.41, 5.74) is 2.98. The summed E-state index contributed by atoms with van der Waals surface area (Å²) in [6, 6.07) is 17.6. The molecule has 0 spiro atoms. The van der Waals surface area contributed by atoms with E-state index in [1.165, 1.54) is 36.4 Å². The Morgan fingerprint density at radius 3 is 2.55 bits per heavy atom. The Morgan fingerprint density at radius 2 is 1.84 bits per heavy atom. The molecule has 1 aliphatic heterocycles. The van der Waals surface area contributed by atoms with Crippen molar-refractivity contribution < 1.29 is 37.4 Å². The number of sulfonamides is 1. The van der Waals surface area contributed by atoms with E-state index < -0.39 is 22.0 Å². The van der Waals surface area contributed by atoms with Crippen LogP contribution in [0.5, 0.6) is 0 Å². The van der Waals surface area contributed by atoms with Crippen molar-refractivity contribution in [2.75, 3.05) is 50.1 Å². The number of carbonyl (C=O) groups is 2. The van der Waals surface area contributed by atoms with Crippen LogP contribution in [0.25, 0.3) is 6.08 Å². The number of hydrogen-bond donors (Lipinski definition) is 2. The van der Waals surface area contributed by atoms with E-state index in [0.717, 1.165) is 11.3 Å². The van der Waals surface area contributed by atoms with Gasteiger partial charge in [-0.3, -0.25) is 4.72 Å². The number of rotatable bonds is 13. The van der Waals surface area contributed by atoms with Gasteiger partial charge >= 0.3 is 11.9 Å². The molecule has 44 heavy (non-hydrogen) atoms. The number of allylic oxidation sites excluding steroid dienone is 2. The standard InChI is InChI=1S/C31H30ClN3O8S/c1-35(2)24-12-9-21(10-13-24)5-3-8-26-29(33-43-31(26)38)22-11-14-28(27(32)20-22)34-44(39,40)25-7-4-6-23(19-25)30(37)42-18-17-41-16-15-36/h3-14,19-20,34,36H,15-18H2,1-2H3. The van der Waals surface area contributed by atoms with Crippen LogP contribution in [0.3, 0.4) is 0 Å². The third-order valence-corrected chi connectivity index (χ3v) is 7.90. The molecule has 230 valence electrons. The maximum Gasteiger partial charge on any atom is 0.368 e. The lowest BCUT2D eigenvalue weighted by molar-refractivity contribution is -0.136. The number of oxime groups is 1. The number of aliphatic hydroxyl groups excluding tert-OH is 1. The highest BCUT2D eigenvalue weighted by Gasteiger charge is 2.27. The van der Waals surface area contributed by atoms with Crippen molar-refractivity contribution in [3.05, 3.63) is 106 Å². The molecule has 3 aromatic carbocycles. The van der Waals surface area contributed by atoms with Crippen LogP contribution in [0, 0.1) is 0 Å². The Balaban J connectivity index is 1.46. The molecule has 0 saturated heterocycles. The van der Waals surface area contributed by atoms with Gasteiger partial charge in [0, 0.05) is 25.3 Å². The lowest BCUT2D eigenvalue weighted by Gasteiger charge is -2.12. The lowest BCUT2D eigenvalue weighted by Crippen LogP contribution is -2.16. The zero-order chi connectivity index (χ0) is 31.7. The Labute approximate surface area is 260 Å². The van der Waals surface area contributed by atoms with Crippen LogP contribution in [0.1, 0.15) is 21.5 Å². The van der Waals surface area contributed by atoms with Gasteiger partial charge in [-0.1, -0.05) is 53.2 Å². The van der Waals surface area contributed by atoms with Crippen LogP contribution in [0.4, 0.5) is 11.4 Å². The number of carbonyl (C=O) groups excluding carboxylic acids is 2. The molecule has 0 amide bonds. The van der Waals surface area contributed by atoms with E-state index in [1.807, 2.05) is 49.3 Å². The van der Waals surface area contributed by atoms with E-state index in [1.54, 1.807) is 18.2 Å². The van der Waals surface area contributed by atoms with E-state index in [2.05, 4.69) is 9.88 Å². The molecule has 2 N–H and O–H groups in total. The monoisotopic (exact) mass is 639 g/mol. The molecule has 0 unspecified atom stereocenters. The number of hydrogen-bond acceptors (Lipinski definition) is 10. The second-order valence-corrected chi connectivity index (χ2v) is 11.6. The number of benzene rings is 3. The summed E-state index contributed by atoms with van der Waals surface area (Å²) < 4.78 is 38.8. The fourth-order valence-electron chi connectivity index (χ4n) is 3.96. The first-order chi connectivity index (χ1) is 21.1. The minimum absolute atomic E-state index is 0.0272. The summed E-state index contributed by atoms with van der Waals surface area (Å²) in [5.74, 6) is -1.36. The van der Waals surface area contributed by atoms with E-state index in [-0.39, 0.29) is 58.9 Å². The number of ether oxygens (including phenoxy) is 2. The maximum absolute atomic E-state index is 13.1. The molecular weight excluding hydrogens is 610 g/mol. The number of halogens is 1. The summed E-state index contributed by atoms with van der Waals surface area (Å²) in [6.07, 6.45) is 5.13. The van der Waals surface area contributed by atoms with Crippen molar-refractivity contribution in [1.82, 2.24) is 0 Å². The highest BCUT2D eigenvalue weighted by Crippen LogP contribution is 2.29. The average Bonchev–Trinajstić information content (AvgIpc) is 3.38. The van der Waals surface area contributed by atoms with Gasteiger partial charge in [-0.05, 0) is 54.1 Å². The molecule has 3 aromatic rings. The van der Waals surface area contributed by atoms with Gasteiger partial charge in [0.15, 0.2) is 0 Å². The molecule has 0 saturated carbocycles. The average molecular weight is 640 g/mol. The Kier molecular flexibility index (Phi) is 10.9. The van der Waals surface area contributed by atoms with Crippen molar-refractivity contribution in [2.24, 2.45) is 5.16 Å². The van der Waals surface area contributed by atoms with Gasteiger partial charge in [-0.15, -0.1) is 0 Å². The molecule has 13 heteroatoms. The SMILES string of the molecule is CN(C)c1ccc(C=CC=C2C(=O)ON=C2c2ccc(NS(=O)(=O)c3cccc(C(=O)OCCOCCO)c3)c(Cl)c2)cc1. The molecular formula is C31H30ClN3O8S. The summed E-state index contributed by atoms with van der Waals surface area (Å²) in [7, 11) is -0.239. The van der Waals surface area contributed by atoms with Crippen molar-refractivity contribution in [3.8, 4) is 0 Å². The quantitative estimate of drug-likeness (QED) is 0.121. The van der Waals surface area contributed by atoms with Gasteiger partial charge in [-0.25, -0.2) is 18.0 Å². The first-order valence-electron chi connectivity index (χ1n) is 13.3. The first kappa shape index (κ1) is 32.4. The molecule has 0 bridgehead atoms. The fourth-order valence-corrected chi connectivity index (χ4v) is 5.37. The first-order valence-corrected chi connectivity index (χ1v) is 15.2. The second-order valence-electron chi connectivity index (χ2n) is 9.54. The number of anilines is 2. The van der Waals surface area contributed by atoms with Crippen molar-refractivity contribution in [3.63, 3.8) is 0 Å². The van der Waals surface area contributed by atoms with Crippen molar-refractivity contribution >= 4 is 56.7 Å². The molecule has 0 aromatic heterocycles. The Hall–Kier alpha value is -4.49. The van der Waals surface area contributed by atoms with Gasteiger partial charge in [0.25, 0.3) is 10.0 Å². The molecule has 1 aliphatic rings.